The van der Waals surface area contributed by atoms with Gasteiger partial charge in [-0.05, 0) is 82.8 Å². The summed E-state index contributed by atoms with van der Waals surface area (Å²) in [6.45, 7) is 12.7. The predicted octanol–water partition coefficient (Wildman–Crippen LogP) is 0.248. The molecule has 10 atom stereocenters. The summed E-state index contributed by atoms with van der Waals surface area (Å²) in [5.74, 6) is -0.723. The van der Waals surface area contributed by atoms with Crippen molar-refractivity contribution in [3.05, 3.63) is 12.3 Å². The zero-order valence-corrected chi connectivity index (χ0v) is 46.6. The van der Waals surface area contributed by atoms with Crippen LogP contribution in [-0.2, 0) is 55.8 Å². The van der Waals surface area contributed by atoms with Crippen LogP contribution in [0.1, 0.15) is 40.5 Å². The van der Waals surface area contributed by atoms with Crippen molar-refractivity contribution in [3.63, 3.8) is 0 Å². The van der Waals surface area contributed by atoms with Gasteiger partial charge in [0.25, 0.3) is 0 Å². The topological polar surface area (TPSA) is 302 Å². The van der Waals surface area contributed by atoms with Crippen molar-refractivity contribution in [3.8, 4) is 0 Å². The van der Waals surface area contributed by atoms with E-state index in [9.17, 15) is 28.1 Å². The molecule has 0 radical (unpaired) electrons. The molecular formula is C42H84N13O14P3. The Morgan fingerprint density at radius 1 is 0.722 bits per heavy atom. The normalized spacial score (nSPS) is 26.9. The summed E-state index contributed by atoms with van der Waals surface area (Å²) < 4.78 is 96.4. The number of carbonyl (C=O) groups excluding carboxylic acids is 3. The summed E-state index contributed by atoms with van der Waals surface area (Å²) in [4.78, 5) is 46.0. The van der Waals surface area contributed by atoms with Crippen molar-refractivity contribution in [2.24, 2.45) is 16.5 Å². The molecule has 4 fully saturated rings. The molecule has 10 unspecified atom stereocenters. The molecule has 4 aliphatic rings. The molecule has 72 heavy (non-hydrogen) atoms. The van der Waals surface area contributed by atoms with Gasteiger partial charge in [-0.1, -0.05) is 6.58 Å². The van der Waals surface area contributed by atoms with E-state index in [1.165, 1.54) is 18.9 Å². The number of aliphatic imine (C=N–C) groups is 1. The maximum absolute atomic E-state index is 14.9. The van der Waals surface area contributed by atoms with E-state index in [-0.39, 0.29) is 129 Å². The second-order valence-electron chi connectivity index (χ2n) is 19.1. The Bertz CT molecular complexity index is 1960. The molecule has 7 N–H and O–H groups in total. The Kier molecular flexibility index (Phi) is 24.3. The zero-order chi connectivity index (χ0) is 53.6. The van der Waals surface area contributed by atoms with E-state index >= 15 is 0 Å². The van der Waals surface area contributed by atoms with E-state index in [0.29, 0.717) is 25.1 Å². The molecular weight excluding hydrogens is 1000 g/mol. The molecule has 0 aromatic carbocycles. The average molecular weight is 1090 g/mol. The number of allylic oxidation sites excluding steroid dienone is 1. The number of guanidine groups is 1. The third-order valence-corrected chi connectivity index (χ3v) is 19.8. The molecule has 0 spiro atoms. The fraction of sp³-hybridized carbons (Fsp3) is 0.857. The van der Waals surface area contributed by atoms with Gasteiger partial charge in [0.05, 0.1) is 69.6 Å². The minimum atomic E-state index is -3.75. The summed E-state index contributed by atoms with van der Waals surface area (Å²) >= 11 is 0. The number of aliphatic hydroxyl groups is 1. The first-order valence-electron chi connectivity index (χ1n) is 24.4. The van der Waals surface area contributed by atoms with Crippen molar-refractivity contribution < 1.29 is 65.7 Å². The van der Waals surface area contributed by atoms with Crippen LogP contribution in [0.25, 0.3) is 0 Å². The lowest BCUT2D eigenvalue weighted by Crippen LogP contribution is -2.54. The summed E-state index contributed by atoms with van der Waals surface area (Å²) in [5.41, 5.74) is 11.4. The van der Waals surface area contributed by atoms with Gasteiger partial charge in [0.2, 0.25) is 11.8 Å². The maximum atomic E-state index is 14.9. The Morgan fingerprint density at radius 3 is 1.62 bits per heavy atom. The van der Waals surface area contributed by atoms with Crippen molar-refractivity contribution in [2.45, 2.75) is 83.2 Å². The fourth-order valence-electron chi connectivity index (χ4n) is 8.69. The standard InChI is InChI=1S/C42H84N13O14P3/c1-31(2)47-38(13-12-14-45-41(43)44)40(58)46-21-39(57)52-22-32(3)67-35(25-52)28-65-71(61,49(8)9)54-23-34(5)69-37(27-54)30-66-72(62,50(10)11)55-24-33(4)68-36(26-55)29-64-70(60,48(6)7)53-17-15-51(16-18-53)42(59)63-20-19-56/h32-38,47,56H,1,12-30H2,2-11H3,(H,46,58)(H4,43,44,45). The van der Waals surface area contributed by atoms with E-state index in [0.717, 1.165) is 0 Å². The van der Waals surface area contributed by atoms with Crippen molar-refractivity contribution in [2.75, 3.05) is 154 Å². The van der Waals surface area contributed by atoms with Gasteiger partial charge in [-0.15, -0.1) is 0 Å². The van der Waals surface area contributed by atoms with Gasteiger partial charge in [-0.2, -0.15) is 0 Å². The van der Waals surface area contributed by atoms with Crippen LogP contribution in [-0.4, -0.2) is 263 Å². The number of nitrogens with zero attached hydrogens (tertiary/aromatic N) is 9. The highest BCUT2D eigenvalue weighted by Crippen LogP contribution is 2.57. The Balaban J connectivity index is 1.35. The monoisotopic (exact) mass is 1090 g/mol. The smallest absolute Gasteiger partial charge is 0.409 e. The zero-order valence-electron chi connectivity index (χ0n) is 44.0. The quantitative estimate of drug-likeness (QED) is 0.0336. The van der Waals surface area contributed by atoms with Gasteiger partial charge in [0, 0.05) is 77.7 Å². The predicted molar refractivity (Wildman–Crippen MR) is 271 cm³/mol. The number of nitrogens with two attached hydrogens (primary N) is 2. The third kappa shape index (κ3) is 17.6. The van der Waals surface area contributed by atoms with E-state index in [2.05, 4.69) is 22.2 Å². The number of aliphatic hydroxyl groups excluding tert-OH is 1. The summed E-state index contributed by atoms with van der Waals surface area (Å²) in [6.07, 6.45) is -2.75. The lowest BCUT2D eigenvalue weighted by Gasteiger charge is -2.45. The van der Waals surface area contributed by atoms with Crippen LogP contribution in [0.2, 0.25) is 0 Å². The first-order chi connectivity index (χ1) is 33.8. The number of piperazine rings is 1. The molecule has 0 saturated carbocycles. The number of morpholine rings is 3. The maximum Gasteiger partial charge on any atom is 0.409 e. The number of hydrogen-bond acceptors (Lipinski definition) is 16. The number of rotatable bonds is 26. The molecule has 0 aromatic heterocycles. The molecule has 0 aliphatic carbocycles. The number of nitrogens with one attached hydrogen (secondary N) is 2. The van der Waals surface area contributed by atoms with Gasteiger partial charge in [-0.3, -0.25) is 28.3 Å². The van der Waals surface area contributed by atoms with Gasteiger partial charge in [0.1, 0.15) is 12.6 Å². The molecule has 0 bridgehead atoms. The molecule has 416 valence electrons. The summed E-state index contributed by atoms with van der Waals surface area (Å²) in [6, 6.07) is -0.646. The molecule has 0 aromatic rings. The van der Waals surface area contributed by atoms with Crippen LogP contribution in [0.3, 0.4) is 0 Å². The Hall–Kier alpha value is -2.81. The van der Waals surface area contributed by atoms with Gasteiger partial charge in [-0.25, -0.2) is 32.8 Å². The highest BCUT2D eigenvalue weighted by atomic mass is 31.2. The van der Waals surface area contributed by atoms with Gasteiger partial charge >= 0.3 is 29.1 Å². The average Bonchev–Trinajstić information content (AvgIpc) is 3.32. The highest BCUT2D eigenvalue weighted by molar-refractivity contribution is 7.54. The minimum absolute atomic E-state index is 0.0350. The third-order valence-electron chi connectivity index (χ3n) is 12.1. The number of ether oxygens (including phenoxy) is 4. The van der Waals surface area contributed by atoms with E-state index in [1.807, 2.05) is 20.8 Å². The molecule has 4 aliphatic heterocycles. The molecule has 4 heterocycles. The second kappa shape index (κ2) is 28.4. The largest absolute Gasteiger partial charge is 0.447 e. The molecule has 4 rings (SSSR count). The molecule has 4 saturated heterocycles. The van der Waals surface area contributed by atoms with E-state index in [1.54, 1.807) is 68.1 Å². The number of carbonyl (C=O) groups is 3. The van der Waals surface area contributed by atoms with Crippen molar-refractivity contribution in [1.29, 1.82) is 0 Å². The van der Waals surface area contributed by atoms with Gasteiger partial charge < -0.3 is 69.5 Å². The highest BCUT2D eigenvalue weighted by Gasteiger charge is 2.46. The SMILES string of the molecule is C=C(C)NC(CCCN=C(N)N)C(=O)NCC(=O)N1CC(C)OC(COP(=O)(N(C)C)N2CC(C)OC(COP(=O)(N(C)C)N3CC(C)OC(COP(=O)(N(C)C)N4CCN(C(=O)OCCO)CC4)C3)C2)C1. The first-order valence-corrected chi connectivity index (χ1v) is 29.0. The van der Waals surface area contributed by atoms with Crippen LogP contribution in [0.5, 0.6) is 0 Å². The minimum Gasteiger partial charge on any atom is -0.447 e. The summed E-state index contributed by atoms with van der Waals surface area (Å²) in [5, 5.41) is 14.8. The number of amides is 3. The Labute approximate surface area is 425 Å². The van der Waals surface area contributed by atoms with Crippen molar-refractivity contribution in [1.82, 2.24) is 48.5 Å². The van der Waals surface area contributed by atoms with Crippen LogP contribution >= 0.6 is 23.0 Å². The molecule has 27 nitrogen and oxygen atoms in total. The summed E-state index contributed by atoms with van der Waals surface area (Å²) in [7, 11) is -1.12. The fourth-order valence-corrected chi connectivity index (χ4v) is 14.8. The van der Waals surface area contributed by atoms with Crippen molar-refractivity contribution >= 4 is 46.9 Å². The van der Waals surface area contributed by atoms with Crippen LogP contribution in [0, 0.1) is 0 Å². The second-order valence-corrected chi connectivity index (χ2v) is 26.9. The van der Waals surface area contributed by atoms with Gasteiger partial charge in [0.15, 0.2) is 5.96 Å². The lowest BCUT2D eigenvalue weighted by atomic mass is 10.1. The Morgan fingerprint density at radius 2 is 1.18 bits per heavy atom. The molecule has 3 amide bonds. The van der Waals surface area contributed by atoms with Crippen LogP contribution in [0.4, 0.5) is 4.79 Å². The van der Waals surface area contributed by atoms with Crippen LogP contribution in [0.15, 0.2) is 17.3 Å². The first kappa shape index (κ1) is 61.7. The van der Waals surface area contributed by atoms with E-state index in [4.69, 9.17) is 49.1 Å². The molecule has 30 heteroatoms. The van der Waals surface area contributed by atoms with Crippen LogP contribution < -0.4 is 22.1 Å². The van der Waals surface area contributed by atoms with E-state index < -0.39 is 65.7 Å². The number of hydrogen-bond donors (Lipinski definition) is 5. The lowest BCUT2D eigenvalue weighted by molar-refractivity contribution is -0.146.